The number of rotatable bonds is 8. The first-order chi connectivity index (χ1) is 15.1. The molecule has 8 heteroatoms. The molecule has 1 atom stereocenters. The van der Waals surface area contributed by atoms with Crippen LogP contribution < -0.4 is 29.9 Å². The SMILES string of the molecule is CC(=O)Oc1ccc2c(c1)OCC(CNCCCOc1ccc3ccc(=O)oc3c1)O2. The maximum atomic E-state index is 11.3. The van der Waals surface area contributed by atoms with Gasteiger partial charge in [-0.2, -0.15) is 0 Å². The van der Waals surface area contributed by atoms with E-state index in [-0.39, 0.29) is 17.7 Å². The monoisotopic (exact) mass is 425 g/mol. The van der Waals surface area contributed by atoms with Crippen LogP contribution in [0.3, 0.4) is 0 Å². The molecule has 1 aromatic heterocycles. The minimum absolute atomic E-state index is 0.114. The zero-order valence-electron chi connectivity index (χ0n) is 17.1. The van der Waals surface area contributed by atoms with Crippen LogP contribution in [0.2, 0.25) is 0 Å². The predicted octanol–water partition coefficient (Wildman–Crippen LogP) is 2.92. The molecule has 31 heavy (non-hydrogen) atoms. The Labute approximate surface area is 178 Å². The van der Waals surface area contributed by atoms with E-state index >= 15 is 0 Å². The summed E-state index contributed by atoms with van der Waals surface area (Å²) >= 11 is 0. The molecule has 0 aliphatic carbocycles. The summed E-state index contributed by atoms with van der Waals surface area (Å²) in [5.74, 6) is 1.90. The summed E-state index contributed by atoms with van der Waals surface area (Å²) < 4.78 is 27.6. The van der Waals surface area contributed by atoms with Gasteiger partial charge in [-0.1, -0.05) is 0 Å². The Morgan fingerprint density at radius 1 is 1.10 bits per heavy atom. The van der Waals surface area contributed by atoms with Crippen LogP contribution >= 0.6 is 0 Å². The summed E-state index contributed by atoms with van der Waals surface area (Å²) in [7, 11) is 0. The normalized spacial score (nSPS) is 14.9. The van der Waals surface area contributed by atoms with Gasteiger partial charge in [0.05, 0.1) is 6.61 Å². The van der Waals surface area contributed by atoms with Crippen molar-refractivity contribution in [1.82, 2.24) is 5.32 Å². The lowest BCUT2D eigenvalue weighted by Crippen LogP contribution is -2.39. The molecule has 1 aliphatic heterocycles. The van der Waals surface area contributed by atoms with E-state index in [2.05, 4.69) is 5.32 Å². The summed E-state index contributed by atoms with van der Waals surface area (Å²) in [5, 5.41) is 4.19. The third-order valence-corrected chi connectivity index (χ3v) is 4.63. The van der Waals surface area contributed by atoms with Crippen molar-refractivity contribution in [3.8, 4) is 23.0 Å². The number of carbonyl (C=O) groups excluding carboxylic acids is 1. The zero-order chi connectivity index (χ0) is 21.6. The number of nitrogens with one attached hydrogen (secondary N) is 1. The van der Waals surface area contributed by atoms with Gasteiger partial charge in [-0.25, -0.2) is 4.79 Å². The molecule has 0 amide bonds. The number of hydrogen-bond donors (Lipinski definition) is 1. The molecule has 0 fully saturated rings. The Bertz CT molecular complexity index is 1120. The van der Waals surface area contributed by atoms with Gasteiger partial charge in [-0.3, -0.25) is 4.79 Å². The Morgan fingerprint density at radius 3 is 2.81 bits per heavy atom. The maximum Gasteiger partial charge on any atom is 0.336 e. The van der Waals surface area contributed by atoms with E-state index in [0.29, 0.717) is 48.3 Å². The highest BCUT2D eigenvalue weighted by atomic mass is 16.6. The Morgan fingerprint density at radius 2 is 1.94 bits per heavy atom. The standard InChI is InChI=1S/C23H23NO7/c1-15(25)29-18-6-7-20-22(12-18)28-14-19(30-20)13-24-9-2-10-27-17-5-3-16-4-8-23(26)31-21(16)11-17/h3-8,11-12,19,24H,2,9-10,13-14H2,1H3. The largest absolute Gasteiger partial charge is 0.493 e. The van der Waals surface area contributed by atoms with Crippen molar-refractivity contribution in [1.29, 1.82) is 0 Å². The van der Waals surface area contributed by atoms with Crippen molar-refractivity contribution in [3.63, 3.8) is 0 Å². The van der Waals surface area contributed by atoms with Crippen LogP contribution in [0.1, 0.15) is 13.3 Å². The molecule has 1 unspecified atom stereocenters. The lowest BCUT2D eigenvalue weighted by Gasteiger charge is -2.27. The average Bonchev–Trinajstić information content (AvgIpc) is 2.75. The molecule has 8 nitrogen and oxygen atoms in total. The Kier molecular flexibility index (Phi) is 6.37. The molecule has 3 aromatic rings. The second-order valence-corrected chi connectivity index (χ2v) is 7.11. The van der Waals surface area contributed by atoms with E-state index in [1.165, 1.54) is 13.0 Å². The molecule has 2 aromatic carbocycles. The smallest absolute Gasteiger partial charge is 0.336 e. The lowest BCUT2D eigenvalue weighted by atomic mass is 10.2. The van der Waals surface area contributed by atoms with Gasteiger partial charge in [0.15, 0.2) is 11.5 Å². The van der Waals surface area contributed by atoms with Crippen LogP contribution in [0, 0.1) is 0 Å². The lowest BCUT2D eigenvalue weighted by molar-refractivity contribution is -0.131. The van der Waals surface area contributed by atoms with Gasteiger partial charge in [0.1, 0.15) is 29.8 Å². The van der Waals surface area contributed by atoms with Crippen molar-refractivity contribution in [2.45, 2.75) is 19.4 Å². The van der Waals surface area contributed by atoms with Crippen LogP contribution in [0.15, 0.2) is 57.7 Å². The number of benzene rings is 2. The molecule has 0 saturated heterocycles. The first-order valence-corrected chi connectivity index (χ1v) is 10.1. The molecule has 2 heterocycles. The highest BCUT2D eigenvalue weighted by Crippen LogP contribution is 2.35. The van der Waals surface area contributed by atoms with Gasteiger partial charge < -0.3 is 28.7 Å². The Hall–Kier alpha value is -3.52. The maximum absolute atomic E-state index is 11.3. The van der Waals surface area contributed by atoms with E-state index in [9.17, 15) is 9.59 Å². The summed E-state index contributed by atoms with van der Waals surface area (Å²) in [6.07, 6.45) is 0.684. The molecule has 162 valence electrons. The summed E-state index contributed by atoms with van der Waals surface area (Å²) in [4.78, 5) is 22.4. The molecule has 1 aliphatic rings. The minimum Gasteiger partial charge on any atom is -0.493 e. The molecule has 1 N–H and O–H groups in total. The number of carbonyl (C=O) groups is 1. The molecule has 0 bridgehead atoms. The van der Waals surface area contributed by atoms with Gasteiger partial charge in [-0.15, -0.1) is 0 Å². The second-order valence-electron chi connectivity index (χ2n) is 7.11. The van der Waals surface area contributed by atoms with Crippen LogP contribution in [0.4, 0.5) is 0 Å². The minimum atomic E-state index is -0.380. The Balaban J connectivity index is 1.17. The van der Waals surface area contributed by atoms with Crippen LogP contribution in [0.25, 0.3) is 11.0 Å². The van der Waals surface area contributed by atoms with Crippen LogP contribution in [0.5, 0.6) is 23.0 Å². The van der Waals surface area contributed by atoms with Gasteiger partial charge in [0, 0.05) is 37.1 Å². The van der Waals surface area contributed by atoms with Crippen LogP contribution in [-0.2, 0) is 4.79 Å². The molecular formula is C23H23NO7. The summed E-state index contributed by atoms with van der Waals surface area (Å²) in [5.41, 5.74) is 0.132. The highest BCUT2D eigenvalue weighted by Gasteiger charge is 2.21. The van der Waals surface area contributed by atoms with Crippen LogP contribution in [-0.4, -0.2) is 38.4 Å². The fourth-order valence-corrected chi connectivity index (χ4v) is 3.21. The van der Waals surface area contributed by atoms with Crippen molar-refractivity contribution in [3.05, 3.63) is 59.0 Å². The van der Waals surface area contributed by atoms with Crippen molar-refractivity contribution < 1.29 is 28.2 Å². The van der Waals surface area contributed by atoms with Crippen molar-refractivity contribution in [2.24, 2.45) is 0 Å². The summed E-state index contributed by atoms with van der Waals surface area (Å²) in [6.45, 7) is 3.67. The van der Waals surface area contributed by atoms with Gasteiger partial charge >= 0.3 is 11.6 Å². The van der Waals surface area contributed by atoms with Gasteiger partial charge in [-0.05, 0) is 43.3 Å². The topological polar surface area (TPSA) is 96.2 Å². The molecule has 4 rings (SSSR count). The quantitative estimate of drug-likeness (QED) is 0.255. The molecule has 0 saturated carbocycles. The van der Waals surface area contributed by atoms with E-state index in [1.54, 1.807) is 30.3 Å². The fraction of sp³-hybridized carbons (Fsp3) is 0.304. The molecular weight excluding hydrogens is 402 g/mol. The highest BCUT2D eigenvalue weighted by molar-refractivity contribution is 5.77. The molecule has 0 spiro atoms. The number of ether oxygens (including phenoxy) is 4. The van der Waals surface area contributed by atoms with Crippen molar-refractivity contribution in [2.75, 3.05) is 26.3 Å². The van der Waals surface area contributed by atoms with Gasteiger partial charge in [0.2, 0.25) is 0 Å². The number of fused-ring (bicyclic) bond motifs is 2. The van der Waals surface area contributed by atoms with E-state index in [4.69, 9.17) is 23.4 Å². The van der Waals surface area contributed by atoms with E-state index in [0.717, 1.165) is 18.4 Å². The first-order valence-electron chi connectivity index (χ1n) is 10.1. The van der Waals surface area contributed by atoms with E-state index in [1.807, 2.05) is 12.1 Å². The zero-order valence-corrected chi connectivity index (χ0v) is 17.1. The van der Waals surface area contributed by atoms with E-state index < -0.39 is 0 Å². The molecule has 0 radical (unpaired) electrons. The third kappa shape index (κ3) is 5.55. The first kappa shape index (κ1) is 20.7. The predicted molar refractivity (Wildman–Crippen MR) is 113 cm³/mol. The summed E-state index contributed by atoms with van der Waals surface area (Å²) in [6, 6.07) is 13.6. The number of hydrogen-bond acceptors (Lipinski definition) is 8. The number of esters is 1. The average molecular weight is 425 g/mol. The van der Waals surface area contributed by atoms with Crippen molar-refractivity contribution >= 4 is 16.9 Å². The third-order valence-electron chi connectivity index (χ3n) is 4.63. The van der Waals surface area contributed by atoms with Gasteiger partial charge in [0.25, 0.3) is 0 Å². The fourth-order valence-electron chi connectivity index (χ4n) is 3.21. The second kappa shape index (κ2) is 9.53.